The van der Waals surface area contributed by atoms with E-state index in [1.54, 1.807) is 0 Å². The van der Waals surface area contributed by atoms with Gasteiger partial charge in [0.25, 0.3) is 0 Å². The van der Waals surface area contributed by atoms with Crippen LogP contribution in [-0.2, 0) is 5.41 Å². The zero-order valence-corrected chi connectivity index (χ0v) is 33.0. The highest BCUT2D eigenvalue weighted by Gasteiger charge is 2.36. The summed E-state index contributed by atoms with van der Waals surface area (Å²) in [5, 5.41) is 7.19. The fourth-order valence-electron chi connectivity index (χ4n) is 9.66. The molecule has 0 fully saturated rings. The van der Waals surface area contributed by atoms with Crippen LogP contribution in [0.1, 0.15) is 25.0 Å². The maximum atomic E-state index is 6.93. The number of para-hydroxylation sites is 2. The smallest absolute Gasteiger partial charge is 0.143 e. The molecule has 3 heteroatoms. The molecule has 9 aromatic carbocycles. The van der Waals surface area contributed by atoms with Crippen LogP contribution in [0.2, 0.25) is 0 Å². The third kappa shape index (κ3) is 4.84. The molecule has 0 unspecified atom stereocenters. The molecular formula is C55H37NOS. The van der Waals surface area contributed by atoms with E-state index in [0.29, 0.717) is 0 Å². The second kappa shape index (κ2) is 12.5. The van der Waals surface area contributed by atoms with Crippen LogP contribution in [0, 0.1) is 0 Å². The van der Waals surface area contributed by atoms with Crippen LogP contribution in [0.3, 0.4) is 0 Å². The van der Waals surface area contributed by atoms with Crippen molar-refractivity contribution in [2.75, 3.05) is 4.90 Å². The Hall–Kier alpha value is -6.94. The Morgan fingerprint density at radius 2 is 1.07 bits per heavy atom. The van der Waals surface area contributed by atoms with Gasteiger partial charge in [0.1, 0.15) is 11.2 Å². The average Bonchev–Trinajstić information content (AvgIpc) is 3.92. The van der Waals surface area contributed by atoms with E-state index >= 15 is 0 Å². The van der Waals surface area contributed by atoms with E-state index in [-0.39, 0.29) is 5.41 Å². The number of thiophene rings is 1. The summed E-state index contributed by atoms with van der Waals surface area (Å²) >= 11 is 1.88. The van der Waals surface area contributed by atoms with Gasteiger partial charge in [-0.2, -0.15) is 0 Å². The lowest BCUT2D eigenvalue weighted by Gasteiger charge is -2.30. The molecule has 0 N–H and O–H groups in total. The summed E-state index contributed by atoms with van der Waals surface area (Å²) in [4.78, 5) is 2.44. The lowest BCUT2D eigenvalue weighted by Crippen LogP contribution is -2.16. The first-order valence-corrected chi connectivity index (χ1v) is 20.8. The van der Waals surface area contributed by atoms with E-state index in [9.17, 15) is 0 Å². The van der Waals surface area contributed by atoms with Crippen LogP contribution in [0.25, 0.3) is 86.3 Å². The first-order chi connectivity index (χ1) is 28.5. The molecule has 0 saturated heterocycles. The van der Waals surface area contributed by atoms with Gasteiger partial charge in [0.15, 0.2) is 0 Å². The Bertz CT molecular complexity index is 3440. The zero-order valence-electron chi connectivity index (χ0n) is 32.2. The Morgan fingerprint density at radius 1 is 0.431 bits per heavy atom. The zero-order chi connectivity index (χ0) is 38.5. The van der Waals surface area contributed by atoms with Crippen molar-refractivity contribution in [1.82, 2.24) is 0 Å². The Labute approximate surface area is 340 Å². The Kier molecular flexibility index (Phi) is 7.18. The molecule has 1 aliphatic carbocycles. The summed E-state index contributed by atoms with van der Waals surface area (Å²) in [6, 6.07) is 68.8. The maximum Gasteiger partial charge on any atom is 0.143 e. The summed E-state index contributed by atoms with van der Waals surface area (Å²) < 4.78 is 9.57. The summed E-state index contributed by atoms with van der Waals surface area (Å²) in [6.07, 6.45) is 0. The lowest BCUT2D eigenvalue weighted by molar-refractivity contribution is 0.660. The first kappa shape index (κ1) is 33.2. The quantitative estimate of drug-likeness (QED) is 0.174. The number of benzene rings is 9. The van der Waals surface area contributed by atoms with Gasteiger partial charge in [-0.25, -0.2) is 0 Å². The molecule has 0 amide bonds. The molecule has 58 heavy (non-hydrogen) atoms. The minimum absolute atomic E-state index is 0.136. The Morgan fingerprint density at radius 3 is 1.95 bits per heavy atom. The van der Waals surface area contributed by atoms with E-state index in [2.05, 4.69) is 207 Å². The number of hydrogen-bond donors (Lipinski definition) is 0. The molecule has 0 radical (unpaired) electrons. The molecule has 274 valence electrons. The molecule has 2 nitrogen and oxygen atoms in total. The number of anilines is 3. The van der Waals surface area contributed by atoms with Crippen LogP contribution >= 0.6 is 11.3 Å². The van der Waals surface area contributed by atoms with Crippen molar-refractivity contribution in [1.29, 1.82) is 0 Å². The number of fused-ring (bicyclic) bond motifs is 11. The van der Waals surface area contributed by atoms with Gasteiger partial charge in [-0.15, -0.1) is 11.3 Å². The first-order valence-electron chi connectivity index (χ1n) is 20.0. The minimum Gasteiger partial charge on any atom is -0.455 e. The van der Waals surface area contributed by atoms with Crippen LogP contribution in [0.15, 0.2) is 192 Å². The molecule has 2 aromatic heterocycles. The van der Waals surface area contributed by atoms with Gasteiger partial charge in [-0.1, -0.05) is 159 Å². The average molecular weight is 760 g/mol. The highest BCUT2D eigenvalue weighted by Crippen LogP contribution is 2.52. The molecule has 11 aromatic rings. The predicted molar refractivity (Wildman–Crippen MR) is 247 cm³/mol. The number of nitrogens with zero attached hydrogens (tertiary/aromatic N) is 1. The Balaban J connectivity index is 1.06. The maximum absolute atomic E-state index is 6.93. The molecule has 2 heterocycles. The molecule has 0 bridgehead atoms. The van der Waals surface area contributed by atoms with Crippen LogP contribution in [0.4, 0.5) is 17.1 Å². The molecule has 1 aliphatic rings. The summed E-state index contributed by atoms with van der Waals surface area (Å²) in [5.41, 5.74) is 15.0. The van der Waals surface area contributed by atoms with E-state index in [4.69, 9.17) is 4.42 Å². The second-order valence-corrected chi connectivity index (χ2v) is 17.1. The van der Waals surface area contributed by atoms with Gasteiger partial charge in [-0.05, 0) is 81.2 Å². The second-order valence-electron chi connectivity index (χ2n) is 16.0. The van der Waals surface area contributed by atoms with Crippen molar-refractivity contribution in [2.24, 2.45) is 0 Å². The summed E-state index contributed by atoms with van der Waals surface area (Å²) in [6.45, 7) is 4.71. The predicted octanol–water partition coefficient (Wildman–Crippen LogP) is 16.2. The van der Waals surface area contributed by atoms with Gasteiger partial charge >= 0.3 is 0 Å². The monoisotopic (exact) mass is 759 g/mol. The standard InChI is InChI=1S/C55H37NOS/c1-55(2)48-22-8-5-15-40(48)41-32-30-37(33-49(41)55)56(36-28-25-35(26-29-36)39-18-11-21-47-43-17-7-10-24-51(43)58-54(39)47)50-23-9-6-16-42(50)44-19-12-20-45-46-31-27-34-13-3-4-14-38(34)52(46)57-53(44)45/h3-33H,1-2H3. The number of hydrogen-bond acceptors (Lipinski definition) is 3. The molecule has 0 saturated carbocycles. The third-order valence-corrected chi connectivity index (χ3v) is 13.7. The van der Waals surface area contributed by atoms with E-state index in [1.165, 1.54) is 58.9 Å². The molecular weight excluding hydrogens is 723 g/mol. The number of rotatable bonds is 5. The highest BCUT2D eigenvalue weighted by molar-refractivity contribution is 7.26. The van der Waals surface area contributed by atoms with E-state index in [0.717, 1.165) is 55.5 Å². The van der Waals surface area contributed by atoms with Crippen molar-refractivity contribution in [2.45, 2.75) is 19.3 Å². The summed E-state index contributed by atoms with van der Waals surface area (Å²) in [5.74, 6) is 0. The topological polar surface area (TPSA) is 16.4 Å². The summed E-state index contributed by atoms with van der Waals surface area (Å²) in [7, 11) is 0. The lowest BCUT2D eigenvalue weighted by atomic mass is 9.82. The van der Waals surface area contributed by atoms with Gasteiger partial charge < -0.3 is 9.32 Å². The third-order valence-electron chi connectivity index (χ3n) is 12.5. The van der Waals surface area contributed by atoms with Crippen molar-refractivity contribution < 1.29 is 4.42 Å². The number of furan rings is 1. The van der Waals surface area contributed by atoms with Crippen molar-refractivity contribution in [3.8, 4) is 33.4 Å². The highest BCUT2D eigenvalue weighted by atomic mass is 32.1. The minimum atomic E-state index is -0.136. The SMILES string of the molecule is CC1(C)c2ccccc2-c2ccc(N(c3ccc(-c4cccc5c4sc4ccccc45)cc3)c3ccccc3-c3cccc4c3oc3c5ccccc5ccc43)cc21. The largest absolute Gasteiger partial charge is 0.455 e. The molecule has 0 spiro atoms. The fourth-order valence-corrected chi connectivity index (χ4v) is 10.9. The van der Waals surface area contributed by atoms with E-state index in [1.807, 2.05) is 11.3 Å². The van der Waals surface area contributed by atoms with Crippen molar-refractivity contribution in [3.63, 3.8) is 0 Å². The van der Waals surface area contributed by atoms with Crippen molar-refractivity contribution in [3.05, 3.63) is 199 Å². The normalized spacial score (nSPS) is 13.1. The van der Waals surface area contributed by atoms with Crippen LogP contribution < -0.4 is 4.90 Å². The van der Waals surface area contributed by atoms with Crippen molar-refractivity contribution >= 4 is 81.3 Å². The van der Waals surface area contributed by atoms with Gasteiger partial charge in [-0.3, -0.25) is 0 Å². The van der Waals surface area contributed by atoms with Gasteiger partial charge in [0, 0.05) is 64.2 Å². The van der Waals surface area contributed by atoms with E-state index < -0.39 is 0 Å². The molecule has 0 aliphatic heterocycles. The molecule has 0 atom stereocenters. The van der Waals surface area contributed by atoms with Gasteiger partial charge in [0.2, 0.25) is 0 Å². The van der Waals surface area contributed by atoms with Gasteiger partial charge in [0.05, 0.1) is 5.69 Å². The van der Waals surface area contributed by atoms with Crippen LogP contribution in [-0.4, -0.2) is 0 Å². The molecule has 12 rings (SSSR count). The fraction of sp³-hybridized carbons (Fsp3) is 0.0545. The van der Waals surface area contributed by atoms with Crippen LogP contribution in [0.5, 0.6) is 0 Å².